The summed E-state index contributed by atoms with van der Waals surface area (Å²) in [6.45, 7) is 0. The highest BCUT2D eigenvalue weighted by Gasteiger charge is 2.07. The molecule has 84 valence electrons. The number of nitrogens with zero attached hydrogens (tertiary/aromatic N) is 2. The molecule has 5 heteroatoms. The van der Waals surface area contributed by atoms with Crippen molar-refractivity contribution in [1.82, 2.24) is 4.98 Å². The van der Waals surface area contributed by atoms with Crippen molar-refractivity contribution in [3.63, 3.8) is 0 Å². The van der Waals surface area contributed by atoms with E-state index in [1.54, 1.807) is 12.1 Å². The van der Waals surface area contributed by atoms with Gasteiger partial charge in [0.15, 0.2) is 17.3 Å². The molecule has 1 aromatic carbocycles. The van der Waals surface area contributed by atoms with Gasteiger partial charge in [0.25, 0.3) is 0 Å². The smallest absolute Gasteiger partial charge is 0.159 e. The van der Waals surface area contributed by atoms with Crippen LogP contribution in [0.25, 0.3) is 0 Å². The highest BCUT2D eigenvalue weighted by molar-refractivity contribution is 7.99. The third-order valence-electron chi connectivity index (χ3n) is 2.00. The van der Waals surface area contributed by atoms with Crippen LogP contribution in [-0.4, -0.2) is 4.98 Å². The Labute approximate surface area is 101 Å². The molecule has 0 fully saturated rings. The van der Waals surface area contributed by atoms with Crippen LogP contribution in [-0.2, 0) is 0 Å². The molecule has 0 spiro atoms. The first-order chi connectivity index (χ1) is 8.20. The van der Waals surface area contributed by atoms with E-state index in [2.05, 4.69) is 4.98 Å². The van der Waals surface area contributed by atoms with Crippen molar-refractivity contribution in [3.8, 4) is 6.07 Å². The van der Waals surface area contributed by atoms with Gasteiger partial charge in [-0.15, -0.1) is 0 Å². The summed E-state index contributed by atoms with van der Waals surface area (Å²) in [6.07, 6.45) is 1.51. The number of pyridine rings is 1. The van der Waals surface area contributed by atoms with Gasteiger partial charge >= 0.3 is 0 Å². The molecular formula is C12H6F2N2S. The SMILES string of the molecule is N#Cc1ncccc1Sc1ccc(F)c(F)c1. The van der Waals surface area contributed by atoms with Crippen molar-refractivity contribution in [3.05, 3.63) is 53.9 Å². The van der Waals surface area contributed by atoms with Gasteiger partial charge in [0.2, 0.25) is 0 Å². The summed E-state index contributed by atoms with van der Waals surface area (Å²) in [4.78, 5) is 5.02. The van der Waals surface area contributed by atoms with Crippen molar-refractivity contribution < 1.29 is 8.78 Å². The third kappa shape index (κ3) is 2.60. The Kier molecular flexibility index (Phi) is 3.35. The molecule has 0 radical (unpaired) electrons. The second-order valence-corrected chi connectivity index (χ2v) is 4.26. The highest BCUT2D eigenvalue weighted by Crippen LogP contribution is 2.29. The number of benzene rings is 1. The number of rotatable bonds is 2. The standard InChI is InChI=1S/C12H6F2N2S/c13-9-4-3-8(6-10(9)14)17-12-2-1-5-16-11(12)7-15/h1-6H. The van der Waals surface area contributed by atoms with Crippen LogP contribution in [0.5, 0.6) is 0 Å². The largest absolute Gasteiger partial charge is 0.244 e. The van der Waals surface area contributed by atoms with Crippen molar-refractivity contribution in [2.75, 3.05) is 0 Å². The minimum atomic E-state index is -0.905. The molecule has 2 rings (SSSR count). The molecule has 0 aliphatic rings. The Balaban J connectivity index is 2.32. The van der Waals surface area contributed by atoms with Gasteiger partial charge in [0.1, 0.15) is 6.07 Å². The van der Waals surface area contributed by atoms with E-state index >= 15 is 0 Å². The quantitative estimate of drug-likeness (QED) is 0.817. The molecule has 0 aliphatic carbocycles. The topological polar surface area (TPSA) is 36.7 Å². The lowest BCUT2D eigenvalue weighted by atomic mass is 10.3. The average molecular weight is 248 g/mol. The lowest BCUT2D eigenvalue weighted by Crippen LogP contribution is -1.87. The summed E-state index contributed by atoms with van der Waals surface area (Å²) in [5.74, 6) is -1.79. The van der Waals surface area contributed by atoms with E-state index in [9.17, 15) is 8.78 Å². The molecule has 0 saturated heterocycles. The van der Waals surface area contributed by atoms with Gasteiger partial charge in [-0.25, -0.2) is 13.8 Å². The first-order valence-corrected chi connectivity index (χ1v) is 5.50. The number of halogens is 2. The van der Waals surface area contributed by atoms with Gasteiger partial charge in [-0.1, -0.05) is 11.8 Å². The minimum Gasteiger partial charge on any atom is -0.244 e. The maximum Gasteiger partial charge on any atom is 0.159 e. The minimum absolute atomic E-state index is 0.266. The van der Waals surface area contributed by atoms with Gasteiger partial charge < -0.3 is 0 Å². The molecule has 0 saturated carbocycles. The first-order valence-electron chi connectivity index (χ1n) is 4.69. The third-order valence-corrected chi connectivity index (χ3v) is 3.03. The maximum absolute atomic E-state index is 13.0. The van der Waals surface area contributed by atoms with Crippen LogP contribution in [0.15, 0.2) is 46.3 Å². The summed E-state index contributed by atoms with van der Waals surface area (Å²) in [6, 6.07) is 8.93. The monoisotopic (exact) mass is 248 g/mol. The van der Waals surface area contributed by atoms with E-state index in [1.807, 2.05) is 6.07 Å². The predicted molar refractivity (Wildman–Crippen MR) is 59.4 cm³/mol. The summed E-state index contributed by atoms with van der Waals surface area (Å²) in [7, 11) is 0. The Bertz CT molecular complexity index is 593. The number of hydrogen-bond acceptors (Lipinski definition) is 3. The molecule has 0 unspecified atom stereocenters. The molecule has 0 bridgehead atoms. The summed E-state index contributed by atoms with van der Waals surface area (Å²) < 4.78 is 25.7. The lowest BCUT2D eigenvalue weighted by Gasteiger charge is -2.03. The van der Waals surface area contributed by atoms with Crippen molar-refractivity contribution in [2.24, 2.45) is 0 Å². The lowest BCUT2D eigenvalue weighted by molar-refractivity contribution is 0.506. The van der Waals surface area contributed by atoms with E-state index in [-0.39, 0.29) is 5.69 Å². The van der Waals surface area contributed by atoms with Crippen LogP contribution < -0.4 is 0 Å². The van der Waals surface area contributed by atoms with E-state index < -0.39 is 11.6 Å². The van der Waals surface area contributed by atoms with Crippen LogP contribution in [0.3, 0.4) is 0 Å². The second kappa shape index (κ2) is 4.93. The normalized spacial score (nSPS) is 9.94. The van der Waals surface area contributed by atoms with Crippen molar-refractivity contribution in [2.45, 2.75) is 9.79 Å². The summed E-state index contributed by atoms with van der Waals surface area (Å²) in [5.41, 5.74) is 0.266. The van der Waals surface area contributed by atoms with Crippen molar-refractivity contribution >= 4 is 11.8 Å². The Morgan fingerprint density at radius 1 is 1.18 bits per heavy atom. The van der Waals surface area contributed by atoms with E-state index in [0.717, 1.165) is 12.1 Å². The molecule has 0 atom stereocenters. The number of hydrogen-bond donors (Lipinski definition) is 0. The highest BCUT2D eigenvalue weighted by atomic mass is 32.2. The second-order valence-electron chi connectivity index (χ2n) is 3.14. The van der Waals surface area contributed by atoms with Crippen LogP contribution in [0.1, 0.15) is 5.69 Å². The predicted octanol–water partition coefficient (Wildman–Crippen LogP) is 3.38. The fraction of sp³-hybridized carbons (Fsp3) is 0. The van der Waals surface area contributed by atoms with Gasteiger partial charge in [-0.2, -0.15) is 5.26 Å². The number of aromatic nitrogens is 1. The molecule has 2 nitrogen and oxygen atoms in total. The molecule has 0 N–H and O–H groups in total. The van der Waals surface area contributed by atoms with E-state index in [4.69, 9.17) is 5.26 Å². The molecule has 2 aromatic rings. The van der Waals surface area contributed by atoms with Gasteiger partial charge in [0.05, 0.1) is 0 Å². The Morgan fingerprint density at radius 3 is 2.71 bits per heavy atom. The zero-order chi connectivity index (χ0) is 12.3. The molecule has 0 amide bonds. The number of nitriles is 1. The van der Waals surface area contributed by atoms with Gasteiger partial charge in [-0.3, -0.25) is 0 Å². The van der Waals surface area contributed by atoms with Crippen LogP contribution in [0.4, 0.5) is 8.78 Å². The average Bonchev–Trinajstić information content (AvgIpc) is 2.34. The fourth-order valence-corrected chi connectivity index (χ4v) is 2.12. The Hall–Kier alpha value is -1.93. The summed E-state index contributed by atoms with van der Waals surface area (Å²) in [5, 5.41) is 8.84. The van der Waals surface area contributed by atoms with Crippen LogP contribution in [0, 0.1) is 23.0 Å². The fourth-order valence-electron chi connectivity index (χ4n) is 1.22. The Morgan fingerprint density at radius 2 is 2.00 bits per heavy atom. The maximum atomic E-state index is 13.0. The van der Waals surface area contributed by atoms with Crippen LogP contribution >= 0.6 is 11.8 Å². The van der Waals surface area contributed by atoms with Gasteiger partial charge in [0, 0.05) is 16.0 Å². The van der Waals surface area contributed by atoms with E-state index in [0.29, 0.717) is 9.79 Å². The van der Waals surface area contributed by atoms with E-state index in [1.165, 1.54) is 24.0 Å². The van der Waals surface area contributed by atoms with Crippen LogP contribution in [0.2, 0.25) is 0 Å². The molecule has 0 aliphatic heterocycles. The van der Waals surface area contributed by atoms with Gasteiger partial charge in [-0.05, 0) is 30.3 Å². The zero-order valence-corrected chi connectivity index (χ0v) is 9.34. The molecule has 17 heavy (non-hydrogen) atoms. The molecular weight excluding hydrogens is 242 g/mol. The molecule has 1 aromatic heterocycles. The first kappa shape index (κ1) is 11.6. The molecule has 1 heterocycles. The van der Waals surface area contributed by atoms with Crippen molar-refractivity contribution in [1.29, 1.82) is 5.26 Å². The summed E-state index contributed by atoms with van der Waals surface area (Å²) >= 11 is 1.17. The zero-order valence-electron chi connectivity index (χ0n) is 8.52.